The minimum Gasteiger partial charge on any atom is -0.400 e. The molecule has 1 aliphatic rings. The zero-order valence-corrected chi connectivity index (χ0v) is 16.4. The molecule has 124 valence electrons. The van der Waals surface area contributed by atoms with Crippen molar-refractivity contribution < 1.29 is 37.0 Å². The Bertz CT molecular complexity index is 154. The van der Waals surface area contributed by atoms with Gasteiger partial charge in [-0.15, -0.1) is 0 Å². The molecule has 1 aliphatic carbocycles. The van der Waals surface area contributed by atoms with Crippen molar-refractivity contribution in [2.75, 3.05) is 21.3 Å². The van der Waals surface area contributed by atoms with Crippen molar-refractivity contribution in [3.63, 3.8) is 0 Å². The van der Waals surface area contributed by atoms with Gasteiger partial charge >= 0.3 is 0 Å². The number of aliphatic hydroxyl groups is 3. The maximum Gasteiger partial charge on any atom is 0.0319 e. The van der Waals surface area contributed by atoms with Gasteiger partial charge in [-0.25, -0.2) is 0 Å². The Morgan fingerprint density at radius 3 is 1.20 bits per heavy atom. The van der Waals surface area contributed by atoms with E-state index in [4.69, 9.17) is 15.3 Å². The summed E-state index contributed by atoms with van der Waals surface area (Å²) < 4.78 is 0. The van der Waals surface area contributed by atoms with E-state index in [1.807, 2.05) is 0 Å². The van der Waals surface area contributed by atoms with Crippen molar-refractivity contribution >= 4 is 0 Å². The van der Waals surface area contributed by atoms with E-state index in [0.717, 1.165) is 50.9 Å². The molecule has 3 nitrogen and oxygen atoms in total. The SMILES string of the molecule is CCCCC1C(C)C(C)C(C)C1C.CO.CO.CO.[Ti]. The molecule has 4 atom stereocenters. The van der Waals surface area contributed by atoms with Crippen LogP contribution in [0.3, 0.4) is 0 Å². The standard InChI is InChI=1S/C13H26.3CH4O.Ti/c1-6-7-8-13-11(4)9(2)10(3)12(13)5;3*1-2;/h9-13H,6-8H2,1-5H3;3*2H,1H3;. The van der Waals surface area contributed by atoms with Gasteiger partial charge in [0, 0.05) is 43.0 Å². The molecule has 0 aliphatic heterocycles. The Morgan fingerprint density at radius 2 is 0.950 bits per heavy atom. The van der Waals surface area contributed by atoms with Crippen LogP contribution in [0.5, 0.6) is 0 Å². The Hall–Kier alpha value is 0.594. The first-order chi connectivity index (χ1) is 9.09. The Labute approximate surface area is 142 Å². The Balaban J connectivity index is -0.000000162. The molecular weight excluding hydrogens is 288 g/mol. The van der Waals surface area contributed by atoms with E-state index in [1.54, 1.807) is 0 Å². The van der Waals surface area contributed by atoms with Crippen molar-refractivity contribution in [1.29, 1.82) is 0 Å². The van der Waals surface area contributed by atoms with Crippen LogP contribution in [0, 0.1) is 29.6 Å². The Kier molecular flexibility index (Phi) is 28.1. The first kappa shape index (κ1) is 28.7. The van der Waals surface area contributed by atoms with Crippen LogP contribution in [-0.4, -0.2) is 36.6 Å². The molecule has 4 unspecified atom stereocenters. The molecule has 1 fully saturated rings. The minimum absolute atomic E-state index is 0. The summed E-state index contributed by atoms with van der Waals surface area (Å²) in [5, 5.41) is 21.0. The first-order valence-electron chi connectivity index (χ1n) is 7.43. The first-order valence-corrected chi connectivity index (χ1v) is 7.43. The van der Waals surface area contributed by atoms with E-state index in [2.05, 4.69) is 34.6 Å². The second-order valence-corrected chi connectivity index (χ2v) is 5.24. The van der Waals surface area contributed by atoms with Gasteiger partial charge in [-0.05, 0) is 36.0 Å². The quantitative estimate of drug-likeness (QED) is 0.698. The minimum atomic E-state index is 0. The fraction of sp³-hybridized carbons (Fsp3) is 1.00. The molecule has 1 saturated carbocycles. The predicted molar refractivity (Wildman–Crippen MR) is 84.1 cm³/mol. The number of rotatable bonds is 3. The number of hydrogen-bond donors (Lipinski definition) is 3. The molecule has 0 spiro atoms. The van der Waals surface area contributed by atoms with Crippen molar-refractivity contribution in [1.82, 2.24) is 0 Å². The molecular formula is C16H38O3Ti. The maximum absolute atomic E-state index is 7.00. The average Bonchev–Trinajstić information content (AvgIpc) is 2.68. The fourth-order valence-corrected chi connectivity index (χ4v) is 3.18. The van der Waals surface area contributed by atoms with E-state index in [-0.39, 0.29) is 21.7 Å². The van der Waals surface area contributed by atoms with Crippen LogP contribution in [0.4, 0.5) is 0 Å². The summed E-state index contributed by atoms with van der Waals surface area (Å²) in [6.07, 6.45) is 4.25. The van der Waals surface area contributed by atoms with Gasteiger partial charge in [0.1, 0.15) is 0 Å². The van der Waals surface area contributed by atoms with Gasteiger partial charge in [-0.2, -0.15) is 0 Å². The number of aliphatic hydroxyl groups excluding tert-OH is 3. The third-order valence-corrected chi connectivity index (χ3v) is 4.73. The van der Waals surface area contributed by atoms with Gasteiger partial charge in [0.2, 0.25) is 0 Å². The van der Waals surface area contributed by atoms with Crippen molar-refractivity contribution in [2.45, 2.75) is 53.9 Å². The maximum atomic E-state index is 7.00. The zero-order chi connectivity index (χ0) is 16.0. The molecule has 0 aromatic heterocycles. The third kappa shape index (κ3) is 9.52. The third-order valence-electron chi connectivity index (χ3n) is 4.73. The van der Waals surface area contributed by atoms with Gasteiger partial charge in [0.25, 0.3) is 0 Å². The van der Waals surface area contributed by atoms with Crippen LogP contribution in [0.1, 0.15) is 53.9 Å². The van der Waals surface area contributed by atoms with E-state index < -0.39 is 0 Å². The van der Waals surface area contributed by atoms with Gasteiger partial charge < -0.3 is 15.3 Å². The average molecular weight is 326 g/mol. The van der Waals surface area contributed by atoms with E-state index in [0.29, 0.717) is 0 Å². The van der Waals surface area contributed by atoms with Crippen LogP contribution in [-0.2, 0) is 21.7 Å². The van der Waals surface area contributed by atoms with E-state index in [1.165, 1.54) is 19.3 Å². The smallest absolute Gasteiger partial charge is 0.0319 e. The molecule has 4 heteroatoms. The van der Waals surface area contributed by atoms with Crippen molar-refractivity contribution in [3.05, 3.63) is 0 Å². The topological polar surface area (TPSA) is 60.7 Å². The molecule has 3 N–H and O–H groups in total. The molecule has 0 heterocycles. The number of hydrogen-bond acceptors (Lipinski definition) is 3. The van der Waals surface area contributed by atoms with Crippen LogP contribution in [0.15, 0.2) is 0 Å². The van der Waals surface area contributed by atoms with Crippen molar-refractivity contribution in [2.24, 2.45) is 29.6 Å². The van der Waals surface area contributed by atoms with Gasteiger partial charge in [0.05, 0.1) is 0 Å². The van der Waals surface area contributed by atoms with Gasteiger partial charge in [-0.3, -0.25) is 0 Å². The summed E-state index contributed by atoms with van der Waals surface area (Å²) in [5.74, 6) is 4.80. The second kappa shape index (κ2) is 19.6. The molecule has 0 amide bonds. The molecule has 0 saturated heterocycles. The normalized spacial score (nSPS) is 30.4. The van der Waals surface area contributed by atoms with E-state index in [9.17, 15) is 0 Å². The molecule has 0 radical (unpaired) electrons. The summed E-state index contributed by atoms with van der Waals surface area (Å²) in [4.78, 5) is 0. The fourth-order valence-electron chi connectivity index (χ4n) is 3.18. The summed E-state index contributed by atoms with van der Waals surface area (Å²) in [5.41, 5.74) is 0. The summed E-state index contributed by atoms with van der Waals surface area (Å²) in [6, 6.07) is 0. The molecule has 0 aromatic carbocycles. The van der Waals surface area contributed by atoms with Crippen LogP contribution >= 0.6 is 0 Å². The number of unbranched alkanes of at least 4 members (excludes halogenated alkanes) is 1. The summed E-state index contributed by atoms with van der Waals surface area (Å²) >= 11 is 0. The summed E-state index contributed by atoms with van der Waals surface area (Å²) in [6.45, 7) is 12.1. The second-order valence-electron chi connectivity index (χ2n) is 5.24. The Morgan fingerprint density at radius 1 is 0.650 bits per heavy atom. The zero-order valence-electron chi connectivity index (χ0n) is 14.8. The molecule has 0 bridgehead atoms. The van der Waals surface area contributed by atoms with Crippen LogP contribution in [0.2, 0.25) is 0 Å². The van der Waals surface area contributed by atoms with Gasteiger partial charge in [0.15, 0.2) is 0 Å². The largest absolute Gasteiger partial charge is 0.400 e. The van der Waals surface area contributed by atoms with Crippen LogP contribution < -0.4 is 0 Å². The predicted octanol–water partition coefficient (Wildman–Crippen LogP) is 3.17. The monoisotopic (exact) mass is 326 g/mol. The van der Waals surface area contributed by atoms with Crippen molar-refractivity contribution in [3.8, 4) is 0 Å². The molecule has 1 rings (SSSR count). The molecule has 0 aromatic rings. The van der Waals surface area contributed by atoms with Gasteiger partial charge in [-0.1, -0.05) is 47.5 Å². The molecule has 20 heavy (non-hydrogen) atoms. The van der Waals surface area contributed by atoms with E-state index >= 15 is 0 Å². The summed E-state index contributed by atoms with van der Waals surface area (Å²) in [7, 11) is 3.00. The van der Waals surface area contributed by atoms with Crippen LogP contribution in [0.25, 0.3) is 0 Å².